The van der Waals surface area contributed by atoms with Crippen LogP contribution in [-0.2, 0) is 0 Å². The Balaban J connectivity index is 2.91. The van der Waals surface area contributed by atoms with Gasteiger partial charge in [0.1, 0.15) is 0 Å². The predicted molar refractivity (Wildman–Crippen MR) is 62.6 cm³/mol. The van der Waals surface area contributed by atoms with Crippen molar-refractivity contribution in [2.75, 3.05) is 0 Å². The standard InChI is InChI=1S/C12H13BrO/c1-8(2)6-12(14)10-4-5-11(13)9(3)7-10/h4-5,7H,1,6H2,2-3H3. The first-order chi connectivity index (χ1) is 6.50. The van der Waals surface area contributed by atoms with Gasteiger partial charge in [0, 0.05) is 16.5 Å². The Kier molecular flexibility index (Phi) is 3.64. The summed E-state index contributed by atoms with van der Waals surface area (Å²) in [5.74, 6) is 0.133. The van der Waals surface area contributed by atoms with Gasteiger partial charge in [0.05, 0.1) is 0 Å². The number of hydrogen-bond donors (Lipinski definition) is 0. The smallest absolute Gasteiger partial charge is 0.166 e. The van der Waals surface area contributed by atoms with E-state index in [1.807, 2.05) is 32.0 Å². The normalized spacial score (nSPS) is 9.93. The van der Waals surface area contributed by atoms with Gasteiger partial charge in [-0.1, -0.05) is 34.1 Å². The van der Waals surface area contributed by atoms with Gasteiger partial charge in [-0.15, -0.1) is 0 Å². The Bertz CT molecular complexity index is 380. The molecule has 1 aromatic rings. The van der Waals surface area contributed by atoms with Crippen molar-refractivity contribution in [1.82, 2.24) is 0 Å². The molecular weight excluding hydrogens is 240 g/mol. The van der Waals surface area contributed by atoms with Crippen LogP contribution >= 0.6 is 15.9 Å². The molecule has 74 valence electrons. The number of Topliss-reactive ketones (excluding diaryl/α,β-unsaturated/α-hetero) is 1. The monoisotopic (exact) mass is 252 g/mol. The molecule has 0 unspecified atom stereocenters. The molecule has 0 aliphatic carbocycles. The number of rotatable bonds is 3. The summed E-state index contributed by atoms with van der Waals surface area (Å²) in [4.78, 5) is 11.6. The van der Waals surface area contributed by atoms with Gasteiger partial charge in [0.25, 0.3) is 0 Å². The lowest BCUT2D eigenvalue weighted by atomic mass is 10.0. The van der Waals surface area contributed by atoms with Gasteiger partial charge in [0.2, 0.25) is 0 Å². The number of hydrogen-bond acceptors (Lipinski definition) is 1. The summed E-state index contributed by atoms with van der Waals surface area (Å²) in [6, 6.07) is 5.64. The SMILES string of the molecule is C=C(C)CC(=O)c1ccc(Br)c(C)c1. The molecule has 14 heavy (non-hydrogen) atoms. The third-order valence-corrected chi connectivity index (χ3v) is 2.83. The third-order valence-electron chi connectivity index (χ3n) is 1.94. The van der Waals surface area contributed by atoms with Crippen molar-refractivity contribution in [3.8, 4) is 0 Å². The summed E-state index contributed by atoms with van der Waals surface area (Å²) < 4.78 is 1.03. The molecule has 0 radical (unpaired) electrons. The number of benzene rings is 1. The largest absolute Gasteiger partial charge is 0.294 e. The van der Waals surface area contributed by atoms with E-state index >= 15 is 0 Å². The molecule has 1 nitrogen and oxygen atoms in total. The molecule has 0 amide bonds. The number of carbonyl (C=O) groups excluding carboxylic acids is 1. The second kappa shape index (κ2) is 4.56. The van der Waals surface area contributed by atoms with Gasteiger partial charge in [-0.05, 0) is 31.5 Å². The van der Waals surface area contributed by atoms with Gasteiger partial charge >= 0.3 is 0 Å². The molecule has 0 spiro atoms. The van der Waals surface area contributed by atoms with Crippen molar-refractivity contribution in [1.29, 1.82) is 0 Å². The molecular formula is C12H13BrO. The van der Waals surface area contributed by atoms with E-state index in [-0.39, 0.29) is 5.78 Å². The van der Waals surface area contributed by atoms with Gasteiger partial charge in [0.15, 0.2) is 5.78 Å². The minimum absolute atomic E-state index is 0.133. The maximum atomic E-state index is 11.6. The molecule has 0 aromatic heterocycles. The summed E-state index contributed by atoms with van der Waals surface area (Å²) >= 11 is 3.40. The van der Waals surface area contributed by atoms with Crippen molar-refractivity contribution < 1.29 is 4.79 Å². The lowest BCUT2D eigenvalue weighted by molar-refractivity contribution is 0.0993. The maximum absolute atomic E-state index is 11.6. The summed E-state index contributed by atoms with van der Waals surface area (Å²) in [7, 11) is 0. The van der Waals surface area contributed by atoms with E-state index in [0.717, 1.165) is 21.2 Å². The second-order valence-electron chi connectivity index (χ2n) is 3.52. The summed E-state index contributed by atoms with van der Waals surface area (Å²) in [5, 5.41) is 0. The summed E-state index contributed by atoms with van der Waals surface area (Å²) in [6.45, 7) is 7.57. The average Bonchev–Trinajstić information content (AvgIpc) is 2.08. The molecule has 0 atom stereocenters. The highest BCUT2D eigenvalue weighted by molar-refractivity contribution is 9.10. The number of allylic oxidation sites excluding steroid dienone is 1. The van der Waals surface area contributed by atoms with E-state index in [9.17, 15) is 4.79 Å². The van der Waals surface area contributed by atoms with Gasteiger partial charge in [-0.25, -0.2) is 0 Å². The molecule has 1 aromatic carbocycles. The van der Waals surface area contributed by atoms with Crippen molar-refractivity contribution in [2.24, 2.45) is 0 Å². The number of aryl methyl sites for hydroxylation is 1. The Morgan fingerprint density at radius 1 is 1.50 bits per heavy atom. The van der Waals surface area contributed by atoms with Crippen LogP contribution < -0.4 is 0 Å². The van der Waals surface area contributed by atoms with Crippen LogP contribution in [0.3, 0.4) is 0 Å². The minimum atomic E-state index is 0.133. The lowest BCUT2D eigenvalue weighted by Gasteiger charge is -2.03. The van der Waals surface area contributed by atoms with Gasteiger partial charge in [-0.3, -0.25) is 4.79 Å². The Morgan fingerprint density at radius 3 is 2.64 bits per heavy atom. The lowest BCUT2D eigenvalue weighted by Crippen LogP contribution is -1.99. The molecule has 0 heterocycles. The van der Waals surface area contributed by atoms with Crippen LogP contribution in [-0.4, -0.2) is 5.78 Å². The van der Waals surface area contributed by atoms with E-state index in [1.54, 1.807) is 0 Å². The van der Waals surface area contributed by atoms with Gasteiger partial charge in [-0.2, -0.15) is 0 Å². The fourth-order valence-corrected chi connectivity index (χ4v) is 1.44. The van der Waals surface area contributed by atoms with E-state index in [0.29, 0.717) is 6.42 Å². The zero-order valence-corrected chi connectivity index (χ0v) is 10.0. The molecule has 0 N–H and O–H groups in total. The van der Waals surface area contributed by atoms with Crippen LogP contribution in [0.2, 0.25) is 0 Å². The summed E-state index contributed by atoms with van der Waals surface area (Å²) in [6.07, 6.45) is 0.432. The van der Waals surface area contributed by atoms with E-state index in [2.05, 4.69) is 22.5 Å². The first kappa shape index (κ1) is 11.2. The van der Waals surface area contributed by atoms with Gasteiger partial charge < -0.3 is 0 Å². The zero-order valence-electron chi connectivity index (χ0n) is 8.43. The highest BCUT2D eigenvalue weighted by Crippen LogP contribution is 2.18. The molecule has 2 heteroatoms. The predicted octanol–water partition coefficient (Wildman–Crippen LogP) is 3.91. The Hall–Kier alpha value is -0.890. The third kappa shape index (κ3) is 2.81. The number of halogens is 1. The molecule has 1 rings (SSSR count). The molecule has 0 saturated heterocycles. The molecule has 0 bridgehead atoms. The van der Waals surface area contributed by atoms with Crippen LogP contribution in [0.25, 0.3) is 0 Å². The zero-order chi connectivity index (χ0) is 10.7. The second-order valence-corrected chi connectivity index (χ2v) is 4.38. The first-order valence-electron chi connectivity index (χ1n) is 4.44. The van der Waals surface area contributed by atoms with Crippen molar-refractivity contribution in [2.45, 2.75) is 20.3 Å². The highest BCUT2D eigenvalue weighted by Gasteiger charge is 2.06. The Labute approximate surface area is 93.0 Å². The quantitative estimate of drug-likeness (QED) is 0.589. The van der Waals surface area contributed by atoms with Crippen LogP contribution in [0, 0.1) is 6.92 Å². The highest BCUT2D eigenvalue weighted by atomic mass is 79.9. The van der Waals surface area contributed by atoms with Crippen LogP contribution in [0.5, 0.6) is 0 Å². The molecule has 0 saturated carbocycles. The average molecular weight is 253 g/mol. The van der Waals surface area contributed by atoms with E-state index < -0.39 is 0 Å². The number of ketones is 1. The van der Waals surface area contributed by atoms with E-state index in [4.69, 9.17) is 0 Å². The van der Waals surface area contributed by atoms with Crippen LogP contribution in [0.1, 0.15) is 29.3 Å². The van der Waals surface area contributed by atoms with Crippen LogP contribution in [0.15, 0.2) is 34.8 Å². The number of carbonyl (C=O) groups is 1. The fraction of sp³-hybridized carbons (Fsp3) is 0.250. The topological polar surface area (TPSA) is 17.1 Å². The van der Waals surface area contributed by atoms with E-state index in [1.165, 1.54) is 0 Å². The van der Waals surface area contributed by atoms with Crippen molar-refractivity contribution in [3.63, 3.8) is 0 Å². The van der Waals surface area contributed by atoms with Crippen molar-refractivity contribution >= 4 is 21.7 Å². The molecule has 0 fully saturated rings. The maximum Gasteiger partial charge on any atom is 0.166 e. The molecule has 0 aliphatic rings. The van der Waals surface area contributed by atoms with Crippen LogP contribution in [0.4, 0.5) is 0 Å². The minimum Gasteiger partial charge on any atom is -0.294 e. The fourth-order valence-electron chi connectivity index (χ4n) is 1.19. The molecule has 0 aliphatic heterocycles. The summed E-state index contributed by atoms with van der Waals surface area (Å²) in [5.41, 5.74) is 2.74. The van der Waals surface area contributed by atoms with Crippen molar-refractivity contribution in [3.05, 3.63) is 46.0 Å². The first-order valence-corrected chi connectivity index (χ1v) is 5.23. The Morgan fingerprint density at radius 2 is 2.14 bits per heavy atom.